The first-order chi connectivity index (χ1) is 8.10. The van der Waals surface area contributed by atoms with Crippen LogP contribution in [0.15, 0.2) is 16.6 Å². The Balaban J connectivity index is 2.90. The number of carbonyl (C=O) groups excluding carboxylic acids is 1. The predicted molar refractivity (Wildman–Crippen MR) is 62.8 cm³/mol. The number of benzene rings is 1. The van der Waals surface area contributed by atoms with E-state index in [0.29, 0.717) is 11.1 Å². The van der Waals surface area contributed by atoms with Crippen molar-refractivity contribution in [3.8, 4) is 5.75 Å². The highest BCUT2D eigenvalue weighted by atomic mass is 79.9. The molecule has 0 N–H and O–H groups in total. The Morgan fingerprint density at radius 1 is 1.35 bits per heavy atom. The van der Waals surface area contributed by atoms with Crippen molar-refractivity contribution in [2.45, 2.75) is 0 Å². The molecule has 0 bridgehead atoms. The van der Waals surface area contributed by atoms with Crippen LogP contribution in [-0.4, -0.2) is 33.4 Å². The van der Waals surface area contributed by atoms with Crippen LogP contribution in [0.3, 0.4) is 0 Å². The molecule has 0 fully saturated rings. The van der Waals surface area contributed by atoms with Gasteiger partial charge in [-0.2, -0.15) is 0 Å². The van der Waals surface area contributed by atoms with Crippen LogP contribution >= 0.6 is 15.9 Å². The zero-order chi connectivity index (χ0) is 12.8. The van der Waals surface area contributed by atoms with E-state index in [1.54, 1.807) is 0 Å². The minimum Gasteiger partial charge on any atom is -0.487 e. The minimum absolute atomic E-state index is 0.0507. The zero-order valence-corrected chi connectivity index (χ0v) is 11.0. The number of ether oxygens (including phenoxy) is 3. The number of esters is 1. The zero-order valence-electron chi connectivity index (χ0n) is 9.46. The Labute approximate surface area is 107 Å². The van der Waals surface area contributed by atoms with Crippen LogP contribution in [0.4, 0.5) is 4.39 Å². The number of methoxy groups -OCH3 is 2. The molecular formula is C11H12BrFO4. The summed E-state index contributed by atoms with van der Waals surface area (Å²) in [6.07, 6.45) is 0. The van der Waals surface area contributed by atoms with Crippen LogP contribution in [0.5, 0.6) is 5.75 Å². The van der Waals surface area contributed by atoms with Gasteiger partial charge in [0.2, 0.25) is 0 Å². The maximum atomic E-state index is 13.6. The first kappa shape index (κ1) is 13.9. The third kappa shape index (κ3) is 3.67. The summed E-state index contributed by atoms with van der Waals surface area (Å²) in [4.78, 5) is 11.2. The maximum absolute atomic E-state index is 13.6. The molecular weight excluding hydrogens is 295 g/mol. The summed E-state index contributed by atoms with van der Waals surface area (Å²) in [5, 5.41) is 0. The fraction of sp³-hybridized carbons (Fsp3) is 0.364. The molecule has 1 aromatic rings. The van der Waals surface area contributed by atoms with E-state index in [1.807, 2.05) is 0 Å². The van der Waals surface area contributed by atoms with Gasteiger partial charge < -0.3 is 14.2 Å². The summed E-state index contributed by atoms with van der Waals surface area (Å²) in [7, 11) is 2.76. The fourth-order valence-electron chi connectivity index (χ4n) is 1.16. The summed E-state index contributed by atoms with van der Waals surface area (Å²) in [5.74, 6) is -1.18. The Kier molecular flexibility index (Phi) is 5.37. The highest BCUT2D eigenvalue weighted by Crippen LogP contribution is 2.29. The monoisotopic (exact) mass is 306 g/mol. The van der Waals surface area contributed by atoms with Crippen molar-refractivity contribution in [1.82, 2.24) is 0 Å². The minimum atomic E-state index is -0.629. The largest absolute Gasteiger partial charge is 0.487 e. The van der Waals surface area contributed by atoms with Crippen LogP contribution in [-0.2, 0) is 9.47 Å². The molecule has 0 aliphatic carbocycles. The molecule has 0 radical (unpaired) electrons. The smallest absolute Gasteiger partial charge is 0.337 e. The van der Waals surface area contributed by atoms with Crippen molar-refractivity contribution >= 4 is 21.9 Å². The number of hydrogen-bond acceptors (Lipinski definition) is 4. The van der Waals surface area contributed by atoms with E-state index < -0.39 is 11.8 Å². The number of halogens is 2. The molecule has 0 amide bonds. The second-order valence-corrected chi connectivity index (χ2v) is 3.96. The van der Waals surface area contributed by atoms with Crippen molar-refractivity contribution in [2.24, 2.45) is 0 Å². The lowest BCUT2D eigenvalue weighted by atomic mass is 10.2. The molecule has 0 atom stereocenters. The highest BCUT2D eigenvalue weighted by molar-refractivity contribution is 9.10. The highest BCUT2D eigenvalue weighted by Gasteiger charge is 2.15. The van der Waals surface area contributed by atoms with E-state index in [2.05, 4.69) is 20.7 Å². The number of carbonyl (C=O) groups is 1. The van der Waals surface area contributed by atoms with E-state index in [4.69, 9.17) is 9.47 Å². The quantitative estimate of drug-likeness (QED) is 0.619. The molecule has 6 heteroatoms. The van der Waals surface area contributed by atoms with Gasteiger partial charge >= 0.3 is 5.97 Å². The van der Waals surface area contributed by atoms with E-state index >= 15 is 0 Å². The number of rotatable bonds is 5. The molecule has 0 saturated carbocycles. The lowest BCUT2D eigenvalue weighted by Crippen LogP contribution is -2.08. The number of hydrogen-bond donors (Lipinski definition) is 0. The first-order valence-electron chi connectivity index (χ1n) is 4.79. The van der Waals surface area contributed by atoms with Gasteiger partial charge in [-0.25, -0.2) is 9.18 Å². The molecule has 1 aromatic carbocycles. The van der Waals surface area contributed by atoms with Gasteiger partial charge in [0.05, 0.1) is 23.8 Å². The van der Waals surface area contributed by atoms with Crippen LogP contribution < -0.4 is 4.74 Å². The van der Waals surface area contributed by atoms with Gasteiger partial charge in [-0.1, -0.05) is 0 Å². The summed E-state index contributed by atoms with van der Waals surface area (Å²) >= 11 is 3.13. The molecule has 1 rings (SSSR count). The molecule has 94 valence electrons. The maximum Gasteiger partial charge on any atom is 0.337 e. The van der Waals surface area contributed by atoms with Gasteiger partial charge in [-0.3, -0.25) is 0 Å². The molecule has 0 unspecified atom stereocenters. The van der Waals surface area contributed by atoms with Crippen molar-refractivity contribution in [3.63, 3.8) is 0 Å². The molecule has 0 spiro atoms. The average molecular weight is 307 g/mol. The molecule has 0 aliphatic rings. The molecule has 0 aliphatic heterocycles. The molecule has 17 heavy (non-hydrogen) atoms. The molecule has 0 saturated heterocycles. The van der Waals surface area contributed by atoms with Crippen molar-refractivity contribution < 1.29 is 23.4 Å². The summed E-state index contributed by atoms with van der Waals surface area (Å²) < 4.78 is 28.4. The first-order valence-corrected chi connectivity index (χ1v) is 5.58. The van der Waals surface area contributed by atoms with E-state index in [1.165, 1.54) is 20.3 Å². The summed E-state index contributed by atoms with van der Waals surface area (Å²) in [6, 6.07) is 2.51. The van der Waals surface area contributed by atoms with Crippen molar-refractivity contribution in [3.05, 3.63) is 28.0 Å². The normalized spacial score (nSPS) is 10.1. The van der Waals surface area contributed by atoms with Crippen LogP contribution in [0.1, 0.15) is 10.4 Å². The Morgan fingerprint density at radius 2 is 2.06 bits per heavy atom. The lowest BCUT2D eigenvalue weighted by molar-refractivity contribution is 0.0600. The summed E-state index contributed by atoms with van der Waals surface area (Å²) in [5.41, 5.74) is 0.121. The third-order valence-electron chi connectivity index (χ3n) is 1.95. The van der Waals surface area contributed by atoms with Gasteiger partial charge in [0, 0.05) is 7.11 Å². The average Bonchev–Trinajstić information content (AvgIpc) is 2.31. The second-order valence-electron chi connectivity index (χ2n) is 3.10. The predicted octanol–water partition coefficient (Wildman–Crippen LogP) is 2.40. The summed E-state index contributed by atoms with van der Waals surface area (Å²) in [6.45, 7) is 0.578. The van der Waals surface area contributed by atoms with Gasteiger partial charge in [0.1, 0.15) is 6.61 Å². The molecule has 0 aromatic heterocycles. The van der Waals surface area contributed by atoms with Gasteiger partial charge in [-0.15, -0.1) is 0 Å². The van der Waals surface area contributed by atoms with Crippen molar-refractivity contribution in [1.29, 1.82) is 0 Å². The topological polar surface area (TPSA) is 44.8 Å². The fourth-order valence-corrected chi connectivity index (χ4v) is 1.71. The second kappa shape index (κ2) is 6.56. The molecule has 0 heterocycles. The Morgan fingerprint density at radius 3 is 2.59 bits per heavy atom. The Hall–Kier alpha value is -1.14. The van der Waals surface area contributed by atoms with E-state index in [9.17, 15) is 9.18 Å². The van der Waals surface area contributed by atoms with Crippen LogP contribution in [0.25, 0.3) is 0 Å². The Bertz CT molecular complexity index is 385. The lowest BCUT2D eigenvalue weighted by Gasteiger charge is -2.10. The van der Waals surface area contributed by atoms with Gasteiger partial charge in [0.15, 0.2) is 11.6 Å². The molecule has 4 nitrogen and oxygen atoms in total. The van der Waals surface area contributed by atoms with Crippen LogP contribution in [0, 0.1) is 5.82 Å². The SMILES string of the molecule is COCCOc1c(F)cc(C(=O)OC)cc1Br. The van der Waals surface area contributed by atoms with Crippen LogP contribution in [0.2, 0.25) is 0 Å². The standard InChI is InChI=1S/C11H12BrFO4/c1-15-3-4-17-10-8(12)5-7(6-9(10)13)11(14)16-2/h5-6H,3-4H2,1-2H3. The van der Waals surface area contributed by atoms with Crippen molar-refractivity contribution in [2.75, 3.05) is 27.4 Å². The van der Waals surface area contributed by atoms with Gasteiger partial charge in [0.25, 0.3) is 0 Å². The van der Waals surface area contributed by atoms with Gasteiger partial charge in [-0.05, 0) is 28.1 Å². The third-order valence-corrected chi connectivity index (χ3v) is 2.54. The van der Waals surface area contributed by atoms with E-state index in [0.717, 1.165) is 6.07 Å². The van der Waals surface area contributed by atoms with E-state index in [-0.39, 0.29) is 17.9 Å².